The van der Waals surface area contributed by atoms with Gasteiger partial charge in [-0.2, -0.15) is 0 Å². The van der Waals surface area contributed by atoms with Crippen LogP contribution in [0.15, 0.2) is 11.6 Å². The molecule has 0 aromatic carbocycles. The molecule has 3 saturated carbocycles. The number of fused-ring (bicyclic) bond motifs is 5. The van der Waals surface area contributed by atoms with Gasteiger partial charge in [0.15, 0.2) is 5.78 Å². The Morgan fingerprint density at radius 2 is 1.77 bits per heavy atom. The molecule has 0 spiro atoms. The van der Waals surface area contributed by atoms with Crippen LogP contribution >= 0.6 is 0 Å². The van der Waals surface area contributed by atoms with E-state index in [1.54, 1.807) is 0 Å². The average molecular weight is 300 g/mol. The molecule has 0 amide bonds. The van der Waals surface area contributed by atoms with Crippen LogP contribution < -0.4 is 0 Å². The highest BCUT2D eigenvalue weighted by atomic mass is 16.1. The summed E-state index contributed by atoms with van der Waals surface area (Å²) in [6.45, 7) is 4.22. The van der Waals surface area contributed by atoms with Crippen molar-refractivity contribution >= 4 is 17.3 Å². The van der Waals surface area contributed by atoms with Gasteiger partial charge in [0.05, 0.1) is 0 Å². The molecule has 0 heterocycles. The van der Waals surface area contributed by atoms with Crippen LogP contribution in [0.5, 0.6) is 0 Å². The van der Waals surface area contributed by atoms with Gasteiger partial charge >= 0.3 is 0 Å². The van der Waals surface area contributed by atoms with E-state index in [0.29, 0.717) is 36.9 Å². The highest BCUT2D eigenvalue weighted by Crippen LogP contribution is 2.63. The lowest BCUT2D eigenvalue weighted by Gasteiger charge is -2.55. The number of allylic oxidation sites excluding steroid dienone is 1. The normalized spacial score (nSPS) is 47.6. The molecule has 0 unspecified atom stereocenters. The van der Waals surface area contributed by atoms with Crippen LogP contribution in [0.3, 0.4) is 0 Å². The van der Waals surface area contributed by atoms with Gasteiger partial charge in [-0.3, -0.25) is 14.4 Å². The van der Waals surface area contributed by atoms with Crippen LogP contribution in [0.25, 0.3) is 0 Å². The molecule has 4 aliphatic carbocycles. The maximum absolute atomic E-state index is 13.0. The molecule has 0 bridgehead atoms. The minimum Gasteiger partial charge on any atom is -0.299 e. The lowest BCUT2D eigenvalue weighted by atomic mass is 9.47. The minimum atomic E-state index is -0.402. The fourth-order valence-corrected chi connectivity index (χ4v) is 6.16. The van der Waals surface area contributed by atoms with Crippen molar-refractivity contribution in [3.8, 4) is 0 Å². The van der Waals surface area contributed by atoms with Crippen molar-refractivity contribution in [1.82, 2.24) is 0 Å². The Balaban J connectivity index is 1.77. The Labute approximate surface area is 131 Å². The standard InChI is InChI=1S/C19H24O3/c1-18-8-7-12(20)9-11(18)3-4-13-14-5-6-16(22)19(14,2)10-15(21)17(13)18/h9,13-14,17H,3-8,10H2,1-2H3/t13-,14+,17+,18+,19+/m0/s1. The van der Waals surface area contributed by atoms with E-state index in [9.17, 15) is 14.4 Å². The van der Waals surface area contributed by atoms with Gasteiger partial charge in [0.2, 0.25) is 0 Å². The first-order chi connectivity index (χ1) is 10.4. The van der Waals surface area contributed by atoms with E-state index in [1.165, 1.54) is 5.57 Å². The molecule has 0 aliphatic heterocycles. The maximum atomic E-state index is 13.0. The number of hydrogen-bond acceptors (Lipinski definition) is 3. The lowest BCUT2D eigenvalue weighted by Crippen LogP contribution is -2.55. The molecule has 22 heavy (non-hydrogen) atoms. The SMILES string of the molecule is C[C@@]12CC(=O)[C@H]3[C@@H](CCC4=CC(=O)CC[C@]43C)[C@H]1CCC2=O. The van der Waals surface area contributed by atoms with Crippen LogP contribution in [-0.2, 0) is 14.4 Å². The van der Waals surface area contributed by atoms with Crippen molar-refractivity contribution < 1.29 is 14.4 Å². The summed E-state index contributed by atoms with van der Waals surface area (Å²) in [5.41, 5.74) is 0.660. The smallest absolute Gasteiger partial charge is 0.155 e. The Kier molecular flexibility index (Phi) is 2.87. The van der Waals surface area contributed by atoms with Gasteiger partial charge in [-0.1, -0.05) is 19.4 Å². The predicted octanol–water partition coefficient (Wildman–Crippen LogP) is 3.27. The fourth-order valence-electron chi connectivity index (χ4n) is 6.16. The summed E-state index contributed by atoms with van der Waals surface area (Å²) in [5, 5.41) is 0. The third kappa shape index (κ3) is 1.65. The van der Waals surface area contributed by atoms with Gasteiger partial charge in [-0.05, 0) is 49.0 Å². The third-order valence-electron chi connectivity index (χ3n) is 7.36. The second-order valence-corrected chi connectivity index (χ2v) is 8.36. The van der Waals surface area contributed by atoms with Crippen LogP contribution in [0, 0.1) is 28.6 Å². The lowest BCUT2D eigenvalue weighted by molar-refractivity contribution is -0.149. The summed E-state index contributed by atoms with van der Waals surface area (Å²) in [6, 6.07) is 0. The number of hydrogen-bond donors (Lipinski definition) is 0. The van der Waals surface area contributed by atoms with E-state index < -0.39 is 5.41 Å². The van der Waals surface area contributed by atoms with Crippen LogP contribution in [0.4, 0.5) is 0 Å². The largest absolute Gasteiger partial charge is 0.299 e. The quantitative estimate of drug-likeness (QED) is 0.690. The van der Waals surface area contributed by atoms with E-state index in [-0.39, 0.29) is 22.9 Å². The van der Waals surface area contributed by atoms with E-state index in [1.807, 2.05) is 13.0 Å². The van der Waals surface area contributed by atoms with Crippen molar-refractivity contribution in [1.29, 1.82) is 0 Å². The molecule has 3 nitrogen and oxygen atoms in total. The first-order valence-electron chi connectivity index (χ1n) is 8.66. The maximum Gasteiger partial charge on any atom is 0.155 e. The molecule has 3 fully saturated rings. The molecule has 0 aromatic rings. The number of ketones is 3. The Bertz CT molecular complexity index is 616. The van der Waals surface area contributed by atoms with E-state index in [2.05, 4.69) is 6.92 Å². The van der Waals surface area contributed by atoms with Gasteiger partial charge in [0, 0.05) is 30.6 Å². The number of carbonyl (C=O) groups is 3. The topological polar surface area (TPSA) is 51.2 Å². The minimum absolute atomic E-state index is 0.0320. The first kappa shape index (κ1) is 14.3. The summed E-state index contributed by atoms with van der Waals surface area (Å²) in [4.78, 5) is 37.1. The Hall–Kier alpha value is -1.25. The monoisotopic (exact) mass is 300 g/mol. The molecule has 5 atom stereocenters. The summed E-state index contributed by atoms with van der Waals surface area (Å²) < 4.78 is 0. The molecule has 0 radical (unpaired) electrons. The highest BCUT2D eigenvalue weighted by Gasteiger charge is 2.62. The number of Topliss-reactive ketones (excluding diaryl/α,β-unsaturated/α-hetero) is 2. The Morgan fingerprint density at radius 3 is 2.55 bits per heavy atom. The van der Waals surface area contributed by atoms with Crippen LogP contribution in [0.1, 0.15) is 58.8 Å². The van der Waals surface area contributed by atoms with Crippen molar-refractivity contribution in [2.75, 3.05) is 0 Å². The fraction of sp³-hybridized carbons (Fsp3) is 0.737. The molecule has 3 heteroatoms. The zero-order valence-electron chi connectivity index (χ0n) is 13.5. The van der Waals surface area contributed by atoms with Gasteiger partial charge in [0.1, 0.15) is 11.6 Å². The van der Waals surface area contributed by atoms with Crippen LogP contribution in [0.2, 0.25) is 0 Å². The van der Waals surface area contributed by atoms with E-state index >= 15 is 0 Å². The van der Waals surface area contributed by atoms with Gasteiger partial charge in [-0.25, -0.2) is 0 Å². The molecule has 118 valence electrons. The van der Waals surface area contributed by atoms with E-state index in [0.717, 1.165) is 25.7 Å². The molecule has 4 rings (SSSR count). The first-order valence-corrected chi connectivity index (χ1v) is 8.66. The molecule has 0 N–H and O–H groups in total. The zero-order valence-corrected chi connectivity index (χ0v) is 13.5. The van der Waals surface area contributed by atoms with Crippen molar-refractivity contribution in [2.24, 2.45) is 28.6 Å². The van der Waals surface area contributed by atoms with E-state index in [4.69, 9.17) is 0 Å². The summed E-state index contributed by atoms with van der Waals surface area (Å²) >= 11 is 0. The number of rotatable bonds is 0. The van der Waals surface area contributed by atoms with Crippen molar-refractivity contribution in [3.05, 3.63) is 11.6 Å². The van der Waals surface area contributed by atoms with Crippen molar-refractivity contribution in [3.63, 3.8) is 0 Å². The zero-order chi connectivity index (χ0) is 15.7. The second-order valence-electron chi connectivity index (χ2n) is 8.36. The molecular weight excluding hydrogens is 276 g/mol. The predicted molar refractivity (Wildman–Crippen MR) is 82.1 cm³/mol. The number of carbonyl (C=O) groups excluding carboxylic acids is 3. The van der Waals surface area contributed by atoms with Crippen molar-refractivity contribution in [2.45, 2.75) is 58.8 Å². The average Bonchev–Trinajstić information content (AvgIpc) is 2.75. The van der Waals surface area contributed by atoms with Gasteiger partial charge in [-0.15, -0.1) is 0 Å². The summed E-state index contributed by atoms with van der Waals surface area (Å²) in [5.74, 6) is 1.54. The molecular formula is C19H24O3. The summed E-state index contributed by atoms with van der Waals surface area (Å²) in [7, 11) is 0. The highest BCUT2D eigenvalue weighted by molar-refractivity contribution is 5.96. The Morgan fingerprint density at radius 1 is 1.00 bits per heavy atom. The molecule has 4 aliphatic rings. The molecule has 0 saturated heterocycles. The van der Waals surface area contributed by atoms with Crippen LogP contribution in [-0.4, -0.2) is 17.3 Å². The second kappa shape index (κ2) is 4.39. The third-order valence-corrected chi connectivity index (χ3v) is 7.36. The van der Waals surface area contributed by atoms with Gasteiger partial charge < -0.3 is 0 Å². The summed E-state index contributed by atoms with van der Waals surface area (Å²) in [6.07, 6.45) is 7.12. The van der Waals surface area contributed by atoms with Gasteiger partial charge in [0.25, 0.3) is 0 Å². The molecule has 0 aromatic heterocycles.